The maximum atomic E-state index is 3.65. The van der Waals surface area contributed by atoms with E-state index in [1.165, 1.54) is 66.0 Å². The second-order valence-corrected chi connectivity index (χ2v) is 14.0. The minimum absolute atomic E-state index is 1.01. The number of aromatic nitrogens is 2. The Morgan fingerprint density at radius 2 is 1.13 bits per heavy atom. The average Bonchev–Trinajstić information content (AvgIpc) is 3.74. The monoisotopic (exact) mass is 677 g/mol. The van der Waals surface area contributed by atoms with E-state index in [2.05, 4.69) is 201 Å². The van der Waals surface area contributed by atoms with Gasteiger partial charge < -0.3 is 9.47 Å². The molecule has 0 unspecified atom stereocenters. The molecule has 0 saturated heterocycles. The second-order valence-electron chi connectivity index (χ2n) is 14.0. The zero-order valence-electron chi connectivity index (χ0n) is 28.6. The maximum Gasteiger partial charge on any atom is 0.138 e. The van der Waals surface area contributed by atoms with Gasteiger partial charge in [-0.1, -0.05) is 115 Å². The maximum absolute atomic E-state index is 3.65. The number of benzene rings is 8. The minimum Gasteiger partial charge on any atom is -0.306 e. The van der Waals surface area contributed by atoms with Gasteiger partial charge in [-0.15, -0.1) is 0 Å². The van der Waals surface area contributed by atoms with Gasteiger partial charge in [-0.25, -0.2) is 0 Å². The van der Waals surface area contributed by atoms with Crippen LogP contribution in [0.4, 0.5) is 22.7 Å². The van der Waals surface area contributed by atoms with E-state index in [9.17, 15) is 0 Å². The van der Waals surface area contributed by atoms with Crippen LogP contribution in [0.1, 0.15) is 11.1 Å². The van der Waals surface area contributed by atoms with Gasteiger partial charge in [0.25, 0.3) is 0 Å². The summed E-state index contributed by atoms with van der Waals surface area (Å²) >= 11 is 0. The molecule has 2 N–H and O–H groups in total. The van der Waals surface area contributed by atoms with Crippen LogP contribution in [-0.4, -0.2) is 9.13 Å². The highest BCUT2D eigenvalue weighted by atomic mass is 15.4. The van der Waals surface area contributed by atoms with Crippen molar-refractivity contribution in [3.63, 3.8) is 0 Å². The van der Waals surface area contributed by atoms with Gasteiger partial charge in [0, 0.05) is 38.4 Å². The fourth-order valence-corrected chi connectivity index (χ4v) is 9.02. The molecule has 5 nitrogen and oxygen atoms in total. The van der Waals surface area contributed by atoms with Crippen molar-refractivity contribution in [3.8, 4) is 5.69 Å². The minimum atomic E-state index is 1.01. The Kier molecular flexibility index (Phi) is 5.71. The lowest BCUT2D eigenvalue weighted by Gasteiger charge is -2.33. The first-order chi connectivity index (χ1) is 26.3. The van der Waals surface area contributed by atoms with E-state index >= 15 is 0 Å². The topological polar surface area (TPSA) is 37.2 Å². The van der Waals surface area contributed by atoms with Gasteiger partial charge in [0.15, 0.2) is 0 Å². The molecule has 0 aliphatic carbocycles. The Labute approximate surface area is 305 Å². The first-order valence-corrected chi connectivity index (χ1v) is 18.1. The van der Waals surface area contributed by atoms with Crippen LogP contribution in [0.3, 0.4) is 0 Å². The number of nitrogens with one attached hydrogen (secondary N) is 2. The number of anilines is 4. The standard InChI is InChI=1S/C48H31N5/c1-3-14-30(15-4-1)45-34-19-7-9-21-38(34)49-50-48(45)53-39-22-10-8-18-33(39)37-29-36-31(28-44(37)53)26-27-42-46(36)35-20-13-25-43-47(35)52(42)41-24-12-11-23-40(41)51(43)32-16-5-2-6-17-32/h1-29,49-50H. The molecule has 0 radical (unpaired) electrons. The highest BCUT2D eigenvalue weighted by Gasteiger charge is 2.30. The molecule has 2 aliphatic rings. The quantitative estimate of drug-likeness (QED) is 0.195. The van der Waals surface area contributed by atoms with Crippen LogP contribution in [0.5, 0.6) is 0 Å². The highest BCUT2D eigenvalue weighted by Crippen LogP contribution is 2.51. The SMILES string of the molecule is c1ccc(C2=C(n3c4ccccc4c4cc5c(ccc6c5c5cccc7c5n6-c5ccccc5N7c5ccccc5)cc43)NNc3ccccc32)cc1. The van der Waals surface area contributed by atoms with E-state index in [1.807, 2.05) is 0 Å². The molecule has 53 heavy (non-hydrogen) atoms. The lowest BCUT2D eigenvalue weighted by atomic mass is 9.95. The van der Waals surface area contributed by atoms with Crippen molar-refractivity contribution in [2.45, 2.75) is 0 Å². The zero-order valence-corrected chi connectivity index (χ0v) is 28.6. The molecule has 12 rings (SSSR count). The van der Waals surface area contributed by atoms with E-state index in [1.54, 1.807) is 0 Å². The van der Waals surface area contributed by atoms with Crippen molar-refractivity contribution in [1.29, 1.82) is 0 Å². The third-order valence-corrected chi connectivity index (χ3v) is 11.2. The van der Waals surface area contributed by atoms with Gasteiger partial charge >= 0.3 is 0 Å². The molecule has 0 bridgehead atoms. The summed E-state index contributed by atoms with van der Waals surface area (Å²) in [4.78, 5) is 2.41. The van der Waals surface area contributed by atoms with E-state index in [0.29, 0.717) is 0 Å². The Balaban J connectivity index is 1.19. The van der Waals surface area contributed by atoms with Crippen molar-refractivity contribution in [3.05, 3.63) is 187 Å². The summed E-state index contributed by atoms with van der Waals surface area (Å²) in [6.07, 6.45) is 0. The first kappa shape index (κ1) is 28.5. The molecule has 248 valence electrons. The lowest BCUT2D eigenvalue weighted by Crippen LogP contribution is -2.29. The Morgan fingerprint density at radius 3 is 2.02 bits per heavy atom. The number of hydrazine groups is 1. The van der Waals surface area contributed by atoms with Crippen molar-refractivity contribution in [2.75, 3.05) is 10.3 Å². The molecule has 0 fully saturated rings. The molecular weight excluding hydrogens is 647 g/mol. The van der Waals surface area contributed by atoms with Crippen molar-refractivity contribution >= 4 is 88.5 Å². The van der Waals surface area contributed by atoms with E-state index < -0.39 is 0 Å². The van der Waals surface area contributed by atoms with Crippen LogP contribution in [0.15, 0.2) is 176 Å². The summed E-state index contributed by atoms with van der Waals surface area (Å²) < 4.78 is 4.89. The number of para-hydroxylation sites is 6. The van der Waals surface area contributed by atoms with Gasteiger partial charge in [0.2, 0.25) is 0 Å². The smallest absolute Gasteiger partial charge is 0.138 e. The van der Waals surface area contributed by atoms with E-state index in [0.717, 1.165) is 39.4 Å². The van der Waals surface area contributed by atoms with Crippen LogP contribution < -0.4 is 15.8 Å². The number of hydrogen-bond acceptors (Lipinski definition) is 3. The van der Waals surface area contributed by atoms with Crippen LogP contribution in [0.25, 0.3) is 71.5 Å². The fourth-order valence-electron chi connectivity index (χ4n) is 9.02. The zero-order chi connectivity index (χ0) is 34.6. The van der Waals surface area contributed by atoms with E-state index in [4.69, 9.17) is 0 Å². The summed E-state index contributed by atoms with van der Waals surface area (Å²) in [7, 11) is 0. The van der Waals surface area contributed by atoms with Gasteiger partial charge in [-0.2, -0.15) is 0 Å². The molecular formula is C48H31N5. The molecule has 0 atom stereocenters. The number of nitrogens with zero attached hydrogens (tertiary/aromatic N) is 3. The third-order valence-electron chi connectivity index (χ3n) is 11.2. The predicted octanol–water partition coefficient (Wildman–Crippen LogP) is 12.1. The first-order valence-electron chi connectivity index (χ1n) is 18.1. The largest absolute Gasteiger partial charge is 0.306 e. The molecule has 4 heterocycles. The third kappa shape index (κ3) is 3.85. The normalized spacial score (nSPS) is 13.5. The molecule has 0 saturated carbocycles. The van der Waals surface area contributed by atoms with Crippen LogP contribution >= 0.6 is 0 Å². The summed E-state index contributed by atoms with van der Waals surface area (Å²) in [5, 5.41) is 7.43. The average molecular weight is 678 g/mol. The Bertz CT molecular complexity index is 3170. The van der Waals surface area contributed by atoms with Crippen molar-refractivity contribution in [1.82, 2.24) is 14.6 Å². The lowest BCUT2D eigenvalue weighted by molar-refractivity contribution is 0.971. The van der Waals surface area contributed by atoms with Gasteiger partial charge in [0.05, 0.1) is 44.8 Å². The number of fused-ring (bicyclic) bond motifs is 11. The summed E-state index contributed by atoms with van der Waals surface area (Å²) in [6.45, 7) is 0. The molecule has 2 aliphatic heterocycles. The summed E-state index contributed by atoms with van der Waals surface area (Å²) in [6, 6.07) is 63.8. The van der Waals surface area contributed by atoms with Crippen molar-refractivity contribution in [2.24, 2.45) is 0 Å². The molecule has 0 amide bonds. The molecule has 8 aromatic carbocycles. The Hall–Kier alpha value is -7.24. The second kappa shape index (κ2) is 10.6. The molecule has 10 aromatic rings. The molecule has 0 spiro atoms. The molecule has 5 heteroatoms. The van der Waals surface area contributed by atoms with Gasteiger partial charge in [-0.05, 0) is 77.0 Å². The van der Waals surface area contributed by atoms with E-state index in [-0.39, 0.29) is 0 Å². The summed E-state index contributed by atoms with van der Waals surface area (Å²) in [5.74, 6) is 1.01. The van der Waals surface area contributed by atoms with Crippen LogP contribution in [0.2, 0.25) is 0 Å². The number of hydrogen-bond donors (Lipinski definition) is 2. The van der Waals surface area contributed by atoms with Gasteiger partial charge in [-0.3, -0.25) is 15.4 Å². The molecule has 2 aromatic heterocycles. The van der Waals surface area contributed by atoms with Crippen LogP contribution in [-0.2, 0) is 0 Å². The van der Waals surface area contributed by atoms with Crippen LogP contribution in [0, 0.1) is 0 Å². The van der Waals surface area contributed by atoms with Crippen molar-refractivity contribution < 1.29 is 0 Å². The predicted molar refractivity (Wildman–Crippen MR) is 221 cm³/mol. The Morgan fingerprint density at radius 1 is 0.415 bits per heavy atom. The number of rotatable bonds is 3. The summed E-state index contributed by atoms with van der Waals surface area (Å²) in [5.41, 5.74) is 21.2. The fraction of sp³-hybridized carbons (Fsp3) is 0. The van der Waals surface area contributed by atoms with Gasteiger partial charge in [0.1, 0.15) is 5.82 Å². The highest BCUT2D eigenvalue weighted by molar-refractivity contribution is 6.27.